The lowest BCUT2D eigenvalue weighted by Crippen LogP contribution is -2.37. The van der Waals surface area contributed by atoms with Gasteiger partial charge < -0.3 is 5.32 Å². The lowest BCUT2D eigenvalue weighted by Gasteiger charge is -2.31. The number of carbonyl (C=O) groups excluding carboxylic acids is 2. The number of anilines is 1. The van der Waals surface area contributed by atoms with Crippen LogP contribution in [0.25, 0.3) is 5.69 Å². The Kier molecular flexibility index (Phi) is 5.89. The summed E-state index contributed by atoms with van der Waals surface area (Å²) in [5.74, 6) is -1.10. The number of nitrogens with one attached hydrogen (secondary N) is 1. The number of ketones is 1. The van der Waals surface area contributed by atoms with Gasteiger partial charge in [-0.25, -0.2) is 0 Å². The fourth-order valence-corrected chi connectivity index (χ4v) is 4.27. The number of alkyl halides is 3. The first-order chi connectivity index (χ1) is 15.9. The monoisotopic (exact) mass is 488 g/mol. The molecule has 0 saturated heterocycles. The third kappa shape index (κ3) is 4.63. The standard InChI is InChI=1S/C25H20ClF3N2O3/c1-24(2)11-18-19(20(32)12-24)13-31(17-8-6-15(26)7-9-17)23(34)21(18)22(33)30-16-5-3-4-14(10-16)25(27,28)29/h3-10,13H,11-12H2,1-2H3,(H,30,33). The summed E-state index contributed by atoms with van der Waals surface area (Å²) in [5, 5.41) is 2.85. The Bertz CT molecular complexity index is 1360. The van der Waals surface area contributed by atoms with Gasteiger partial charge in [-0.1, -0.05) is 31.5 Å². The van der Waals surface area contributed by atoms with Crippen LogP contribution in [0, 0.1) is 5.41 Å². The smallest absolute Gasteiger partial charge is 0.322 e. The molecule has 0 saturated carbocycles. The molecule has 0 spiro atoms. The van der Waals surface area contributed by atoms with E-state index < -0.39 is 28.6 Å². The molecule has 0 fully saturated rings. The van der Waals surface area contributed by atoms with Gasteiger partial charge >= 0.3 is 6.18 Å². The maximum Gasteiger partial charge on any atom is 0.416 e. The van der Waals surface area contributed by atoms with Crippen LogP contribution in [-0.2, 0) is 12.6 Å². The second kappa shape index (κ2) is 8.43. The average Bonchev–Trinajstić information content (AvgIpc) is 2.73. The topological polar surface area (TPSA) is 68.2 Å². The van der Waals surface area contributed by atoms with E-state index in [4.69, 9.17) is 11.6 Å². The van der Waals surface area contributed by atoms with Crippen LogP contribution in [0.2, 0.25) is 5.02 Å². The number of hydrogen-bond donors (Lipinski definition) is 1. The van der Waals surface area contributed by atoms with E-state index in [2.05, 4.69) is 5.32 Å². The van der Waals surface area contributed by atoms with Crippen LogP contribution < -0.4 is 10.9 Å². The molecule has 1 N–H and O–H groups in total. The quantitative estimate of drug-likeness (QED) is 0.498. The Labute approximate surface area is 198 Å². The predicted octanol–water partition coefficient (Wildman–Crippen LogP) is 5.92. The fourth-order valence-electron chi connectivity index (χ4n) is 4.14. The highest BCUT2D eigenvalue weighted by Crippen LogP contribution is 2.36. The van der Waals surface area contributed by atoms with Gasteiger partial charge in [0.1, 0.15) is 5.56 Å². The van der Waals surface area contributed by atoms with Crippen LogP contribution >= 0.6 is 11.6 Å². The molecule has 1 aliphatic carbocycles. The van der Waals surface area contributed by atoms with E-state index in [9.17, 15) is 27.6 Å². The van der Waals surface area contributed by atoms with Gasteiger partial charge in [0, 0.05) is 34.6 Å². The lowest BCUT2D eigenvalue weighted by atomic mass is 9.73. The van der Waals surface area contributed by atoms with Crippen molar-refractivity contribution in [2.75, 3.05) is 5.32 Å². The van der Waals surface area contributed by atoms with Crippen molar-refractivity contribution in [1.82, 2.24) is 4.57 Å². The number of amides is 1. The molecular formula is C25H20ClF3N2O3. The molecule has 1 heterocycles. The molecule has 1 aliphatic rings. The molecule has 3 aromatic rings. The zero-order chi connectivity index (χ0) is 24.8. The minimum atomic E-state index is -4.59. The molecule has 0 aliphatic heterocycles. The van der Waals surface area contributed by atoms with Crippen molar-refractivity contribution < 1.29 is 22.8 Å². The second-order valence-corrected chi connectivity index (χ2v) is 9.46. The van der Waals surface area contributed by atoms with Crippen LogP contribution in [0.3, 0.4) is 0 Å². The molecule has 2 aromatic carbocycles. The van der Waals surface area contributed by atoms with E-state index in [1.54, 1.807) is 24.3 Å². The number of rotatable bonds is 3. The zero-order valence-electron chi connectivity index (χ0n) is 18.3. The summed E-state index contributed by atoms with van der Waals surface area (Å²) in [4.78, 5) is 39.7. The maximum absolute atomic E-state index is 13.5. The van der Waals surface area contributed by atoms with Crippen molar-refractivity contribution in [3.05, 3.63) is 92.4 Å². The van der Waals surface area contributed by atoms with Crippen molar-refractivity contribution in [3.63, 3.8) is 0 Å². The van der Waals surface area contributed by atoms with E-state index in [0.717, 1.165) is 18.2 Å². The summed E-state index contributed by atoms with van der Waals surface area (Å²) < 4.78 is 40.5. The molecule has 9 heteroatoms. The van der Waals surface area contributed by atoms with E-state index in [1.807, 2.05) is 13.8 Å². The van der Waals surface area contributed by atoms with Crippen LogP contribution in [-0.4, -0.2) is 16.3 Å². The molecule has 0 radical (unpaired) electrons. The Morgan fingerprint density at radius 1 is 1.06 bits per heavy atom. The Hall–Kier alpha value is -3.39. The molecule has 5 nitrogen and oxygen atoms in total. The summed E-state index contributed by atoms with van der Waals surface area (Å²) in [6.07, 6.45) is -2.66. The van der Waals surface area contributed by atoms with E-state index in [1.165, 1.54) is 16.8 Å². The predicted molar refractivity (Wildman–Crippen MR) is 123 cm³/mol. The number of Topliss-reactive ketones (excluding diaryl/α,β-unsaturated/α-hetero) is 1. The molecule has 1 amide bonds. The Morgan fingerprint density at radius 2 is 1.74 bits per heavy atom. The Balaban J connectivity index is 1.87. The van der Waals surface area contributed by atoms with E-state index in [0.29, 0.717) is 16.3 Å². The van der Waals surface area contributed by atoms with Crippen LogP contribution in [0.4, 0.5) is 18.9 Å². The maximum atomic E-state index is 13.5. The van der Waals surface area contributed by atoms with Gasteiger partial charge in [-0.15, -0.1) is 0 Å². The minimum Gasteiger partial charge on any atom is -0.322 e. The van der Waals surface area contributed by atoms with Crippen molar-refractivity contribution in [3.8, 4) is 5.69 Å². The number of benzene rings is 2. The highest BCUT2D eigenvalue weighted by atomic mass is 35.5. The van der Waals surface area contributed by atoms with Gasteiger partial charge in [0.15, 0.2) is 5.78 Å². The minimum absolute atomic E-state index is 0.115. The Morgan fingerprint density at radius 3 is 2.38 bits per heavy atom. The first-order valence-electron chi connectivity index (χ1n) is 10.4. The number of carbonyl (C=O) groups is 2. The number of aromatic nitrogens is 1. The third-order valence-electron chi connectivity index (χ3n) is 5.69. The van der Waals surface area contributed by atoms with Crippen molar-refractivity contribution in [2.24, 2.45) is 5.41 Å². The molecule has 176 valence electrons. The largest absolute Gasteiger partial charge is 0.416 e. The summed E-state index contributed by atoms with van der Waals surface area (Å²) in [7, 11) is 0. The van der Waals surface area contributed by atoms with Crippen molar-refractivity contribution >= 4 is 29.0 Å². The molecule has 1 aromatic heterocycles. The molecule has 0 atom stereocenters. The van der Waals surface area contributed by atoms with Crippen molar-refractivity contribution in [1.29, 1.82) is 0 Å². The van der Waals surface area contributed by atoms with Crippen LogP contribution in [0.1, 0.15) is 52.1 Å². The van der Waals surface area contributed by atoms with Gasteiger partial charge in [-0.2, -0.15) is 13.2 Å². The van der Waals surface area contributed by atoms with Crippen LogP contribution in [0.5, 0.6) is 0 Å². The second-order valence-electron chi connectivity index (χ2n) is 9.02. The number of pyridine rings is 1. The number of fused-ring (bicyclic) bond motifs is 1. The first-order valence-corrected chi connectivity index (χ1v) is 10.8. The summed E-state index contributed by atoms with van der Waals surface area (Å²) in [6, 6.07) is 10.4. The van der Waals surface area contributed by atoms with E-state index >= 15 is 0 Å². The van der Waals surface area contributed by atoms with Gasteiger partial charge in [0.25, 0.3) is 11.5 Å². The molecular weight excluding hydrogens is 469 g/mol. The van der Waals surface area contributed by atoms with E-state index in [-0.39, 0.29) is 35.4 Å². The number of hydrogen-bond acceptors (Lipinski definition) is 3. The summed E-state index contributed by atoms with van der Waals surface area (Å²) >= 11 is 5.94. The van der Waals surface area contributed by atoms with Gasteiger partial charge in [-0.05, 0) is 59.9 Å². The number of nitrogens with zero attached hydrogens (tertiary/aromatic N) is 1. The summed E-state index contributed by atoms with van der Waals surface area (Å²) in [5.41, 5.74) is -1.57. The number of halogens is 4. The van der Waals surface area contributed by atoms with Crippen molar-refractivity contribution in [2.45, 2.75) is 32.9 Å². The SMILES string of the molecule is CC1(C)CC(=O)c2cn(-c3ccc(Cl)cc3)c(=O)c(C(=O)Nc3cccc(C(F)(F)F)c3)c2C1. The molecule has 34 heavy (non-hydrogen) atoms. The molecule has 0 unspecified atom stereocenters. The first kappa shape index (κ1) is 23.8. The lowest BCUT2D eigenvalue weighted by molar-refractivity contribution is -0.137. The fraction of sp³-hybridized carbons (Fsp3) is 0.240. The molecule has 0 bridgehead atoms. The van der Waals surface area contributed by atoms with Gasteiger partial charge in [0.2, 0.25) is 0 Å². The molecule has 4 rings (SSSR count). The normalized spacial score (nSPS) is 15.1. The highest BCUT2D eigenvalue weighted by Gasteiger charge is 2.36. The van der Waals surface area contributed by atoms with Gasteiger partial charge in [-0.3, -0.25) is 19.0 Å². The van der Waals surface area contributed by atoms with Crippen LogP contribution in [0.15, 0.2) is 59.5 Å². The third-order valence-corrected chi connectivity index (χ3v) is 5.94. The highest BCUT2D eigenvalue weighted by molar-refractivity contribution is 6.30. The van der Waals surface area contributed by atoms with Gasteiger partial charge in [0.05, 0.1) is 5.56 Å². The zero-order valence-corrected chi connectivity index (χ0v) is 19.1. The summed E-state index contributed by atoms with van der Waals surface area (Å²) in [6.45, 7) is 3.71. The average molecular weight is 489 g/mol.